The molecule has 0 spiro atoms. The Bertz CT molecular complexity index is 449. The lowest BCUT2D eigenvalue weighted by Gasteiger charge is -2.07. The number of rotatable bonds is 3. The van der Waals surface area contributed by atoms with Crippen LogP contribution in [0.5, 0.6) is 0 Å². The topological polar surface area (TPSA) is 82.8 Å². The number of hydrogen-bond acceptors (Lipinski definition) is 4. The maximum absolute atomic E-state index is 5.86. The van der Waals surface area contributed by atoms with Crippen LogP contribution in [0.1, 0.15) is 0 Å². The molecule has 0 aromatic carbocycles. The summed E-state index contributed by atoms with van der Waals surface area (Å²) in [6, 6.07) is 1.77. The van der Waals surface area contributed by atoms with Gasteiger partial charge in [-0.2, -0.15) is 0 Å². The van der Waals surface area contributed by atoms with Crippen molar-refractivity contribution in [3.63, 3.8) is 0 Å². The second-order valence-corrected chi connectivity index (χ2v) is 3.22. The lowest BCUT2D eigenvalue weighted by Crippen LogP contribution is -2.10. The first-order valence-electron chi connectivity index (χ1n) is 4.73. The molecule has 0 aliphatic carbocycles. The van der Waals surface area contributed by atoms with Crippen molar-refractivity contribution in [3.05, 3.63) is 31.0 Å². The fraction of sp³-hybridized carbons (Fsp3) is 0.200. The standard InChI is InChI=1S/C10H13N5/c11-2-4-15-7-14-6-10(15)8-5-13-3-1-9(8)12/h1,3,5-7H,2,4,11H2,(H2,12,13). The summed E-state index contributed by atoms with van der Waals surface area (Å²) in [5, 5.41) is 0. The summed E-state index contributed by atoms with van der Waals surface area (Å²) < 4.78 is 1.97. The van der Waals surface area contributed by atoms with Gasteiger partial charge in [-0.25, -0.2) is 4.98 Å². The molecule has 0 amide bonds. The van der Waals surface area contributed by atoms with Crippen LogP contribution in [-0.2, 0) is 6.54 Å². The molecule has 0 aliphatic rings. The summed E-state index contributed by atoms with van der Waals surface area (Å²) in [6.07, 6.45) is 6.92. The minimum Gasteiger partial charge on any atom is -0.398 e. The molecule has 0 fully saturated rings. The predicted molar refractivity (Wildman–Crippen MR) is 58.9 cm³/mol. The lowest BCUT2D eigenvalue weighted by atomic mass is 10.2. The molecule has 78 valence electrons. The number of nitrogens with zero attached hydrogens (tertiary/aromatic N) is 3. The SMILES string of the molecule is NCCn1cncc1-c1cnccc1N. The Balaban J connectivity index is 2.45. The normalized spacial score (nSPS) is 10.5. The molecule has 0 unspecified atom stereocenters. The van der Waals surface area contributed by atoms with Gasteiger partial charge in [0.05, 0.1) is 18.2 Å². The van der Waals surface area contributed by atoms with Gasteiger partial charge in [0.2, 0.25) is 0 Å². The molecule has 0 atom stereocenters. The van der Waals surface area contributed by atoms with E-state index in [1.54, 1.807) is 31.0 Å². The Kier molecular flexibility index (Phi) is 2.64. The first-order valence-corrected chi connectivity index (χ1v) is 4.73. The van der Waals surface area contributed by atoms with E-state index in [-0.39, 0.29) is 0 Å². The second kappa shape index (κ2) is 4.10. The average Bonchev–Trinajstić information content (AvgIpc) is 2.67. The van der Waals surface area contributed by atoms with Gasteiger partial charge in [0, 0.05) is 36.7 Å². The Labute approximate surface area is 87.8 Å². The highest BCUT2D eigenvalue weighted by Crippen LogP contribution is 2.23. The van der Waals surface area contributed by atoms with Crippen LogP contribution >= 0.6 is 0 Å². The number of imidazole rings is 1. The summed E-state index contributed by atoms with van der Waals surface area (Å²) in [4.78, 5) is 8.13. The second-order valence-electron chi connectivity index (χ2n) is 3.22. The van der Waals surface area contributed by atoms with Crippen LogP contribution in [0.2, 0.25) is 0 Å². The number of pyridine rings is 1. The highest BCUT2D eigenvalue weighted by molar-refractivity contribution is 5.72. The Morgan fingerprint density at radius 1 is 1.27 bits per heavy atom. The third kappa shape index (κ3) is 1.82. The van der Waals surface area contributed by atoms with Crippen LogP contribution in [0, 0.1) is 0 Å². The van der Waals surface area contributed by atoms with Crippen molar-refractivity contribution in [2.24, 2.45) is 5.73 Å². The molecule has 0 radical (unpaired) electrons. The zero-order valence-electron chi connectivity index (χ0n) is 8.30. The van der Waals surface area contributed by atoms with Gasteiger partial charge in [0.15, 0.2) is 0 Å². The fourth-order valence-corrected chi connectivity index (χ4v) is 1.48. The zero-order chi connectivity index (χ0) is 10.7. The van der Waals surface area contributed by atoms with Gasteiger partial charge in [0.1, 0.15) is 0 Å². The van der Waals surface area contributed by atoms with E-state index in [9.17, 15) is 0 Å². The van der Waals surface area contributed by atoms with Gasteiger partial charge in [-0.3, -0.25) is 4.98 Å². The largest absolute Gasteiger partial charge is 0.398 e. The van der Waals surface area contributed by atoms with Crippen LogP contribution < -0.4 is 11.5 Å². The predicted octanol–water partition coefficient (Wildman–Crippen LogP) is 0.486. The molecule has 0 aliphatic heterocycles. The molecule has 4 N–H and O–H groups in total. The lowest BCUT2D eigenvalue weighted by molar-refractivity contribution is 0.714. The number of aromatic nitrogens is 3. The maximum Gasteiger partial charge on any atom is 0.0951 e. The van der Waals surface area contributed by atoms with Crippen molar-refractivity contribution >= 4 is 5.69 Å². The smallest absolute Gasteiger partial charge is 0.0951 e. The van der Waals surface area contributed by atoms with Crippen LogP contribution in [-0.4, -0.2) is 21.1 Å². The number of nitrogens with two attached hydrogens (primary N) is 2. The van der Waals surface area contributed by atoms with Crippen molar-refractivity contribution in [1.82, 2.24) is 14.5 Å². The first kappa shape index (κ1) is 9.67. The van der Waals surface area contributed by atoms with Crippen molar-refractivity contribution in [1.29, 1.82) is 0 Å². The average molecular weight is 203 g/mol. The number of anilines is 1. The summed E-state index contributed by atoms with van der Waals surface area (Å²) in [7, 11) is 0. The van der Waals surface area contributed by atoms with E-state index in [1.807, 2.05) is 4.57 Å². The molecule has 0 bridgehead atoms. The molecular weight excluding hydrogens is 190 g/mol. The molecule has 2 aromatic heterocycles. The molecular formula is C10H13N5. The van der Waals surface area contributed by atoms with Crippen molar-refractivity contribution in [3.8, 4) is 11.3 Å². The van der Waals surface area contributed by atoms with Crippen LogP contribution in [0.15, 0.2) is 31.0 Å². The van der Waals surface area contributed by atoms with Crippen LogP contribution in [0.3, 0.4) is 0 Å². The van der Waals surface area contributed by atoms with Crippen molar-refractivity contribution in [2.45, 2.75) is 6.54 Å². The highest BCUT2D eigenvalue weighted by Gasteiger charge is 2.07. The summed E-state index contributed by atoms with van der Waals surface area (Å²) in [5.74, 6) is 0. The van der Waals surface area contributed by atoms with E-state index < -0.39 is 0 Å². The van der Waals surface area contributed by atoms with Gasteiger partial charge in [-0.05, 0) is 6.07 Å². The van der Waals surface area contributed by atoms with E-state index in [0.717, 1.165) is 17.8 Å². The fourth-order valence-electron chi connectivity index (χ4n) is 1.48. The minimum atomic E-state index is 0.573. The number of hydrogen-bond donors (Lipinski definition) is 2. The molecule has 5 heteroatoms. The Morgan fingerprint density at radius 3 is 2.87 bits per heavy atom. The maximum atomic E-state index is 5.86. The first-order chi connectivity index (χ1) is 7.33. The zero-order valence-corrected chi connectivity index (χ0v) is 8.30. The van der Waals surface area contributed by atoms with Crippen molar-refractivity contribution in [2.75, 3.05) is 12.3 Å². The Morgan fingerprint density at radius 2 is 2.13 bits per heavy atom. The van der Waals surface area contributed by atoms with Gasteiger partial charge in [-0.1, -0.05) is 0 Å². The van der Waals surface area contributed by atoms with E-state index in [4.69, 9.17) is 11.5 Å². The number of nitrogen functional groups attached to an aromatic ring is 1. The monoisotopic (exact) mass is 203 g/mol. The van der Waals surface area contributed by atoms with E-state index in [2.05, 4.69) is 9.97 Å². The molecule has 5 nitrogen and oxygen atoms in total. The molecule has 0 saturated carbocycles. The van der Waals surface area contributed by atoms with Crippen LogP contribution in [0.4, 0.5) is 5.69 Å². The van der Waals surface area contributed by atoms with Gasteiger partial charge in [-0.15, -0.1) is 0 Å². The third-order valence-electron chi connectivity index (χ3n) is 2.21. The van der Waals surface area contributed by atoms with Gasteiger partial charge >= 0.3 is 0 Å². The summed E-state index contributed by atoms with van der Waals surface area (Å²) in [5.41, 5.74) is 13.9. The van der Waals surface area contributed by atoms with E-state index in [1.165, 1.54) is 0 Å². The molecule has 2 rings (SSSR count). The molecule has 2 aromatic rings. The molecule has 15 heavy (non-hydrogen) atoms. The summed E-state index contributed by atoms with van der Waals surface area (Å²) >= 11 is 0. The minimum absolute atomic E-state index is 0.573. The van der Waals surface area contributed by atoms with Gasteiger partial charge < -0.3 is 16.0 Å². The van der Waals surface area contributed by atoms with Gasteiger partial charge in [0.25, 0.3) is 0 Å². The van der Waals surface area contributed by atoms with E-state index >= 15 is 0 Å². The summed E-state index contributed by atoms with van der Waals surface area (Å²) in [6.45, 7) is 1.30. The Hall–Kier alpha value is -1.88. The molecule has 0 saturated heterocycles. The highest BCUT2D eigenvalue weighted by atomic mass is 15.1. The quantitative estimate of drug-likeness (QED) is 0.760. The van der Waals surface area contributed by atoms with Crippen LogP contribution in [0.25, 0.3) is 11.3 Å². The van der Waals surface area contributed by atoms with Crippen molar-refractivity contribution < 1.29 is 0 Å². The molecule has 2 heterocycles. The third-order valence-corrected chi connectivity index (χ3v) is 2.21. The van der Waals surface area contributed by atoms with E-state index in [0.29, 0.717) is 12.2 Å².